The first-order valence-corrected chi connectivity index (χ1v) is 21.6. The molecule has 0 spiro atoms. The molecule has 10 aromatic rings. The molecule has 1 aliphatic carbocycles. The minimum absolute atomic E-state index is 0.0494. The van der Waals surface area contributed by atoms with E-state index in [0.29, 0.717) is 0 Å². The quantitative estimate of drug-likeness (QED) is 0.148. The third-order valence-corrected chi connectivity index (χ3v) is 12.9. The van der Waals surface area contributed by atoms with Crippen LogP contribution >= 0.6 is 0 Å². The van der Waals surface area contributed by atoms with Crippen LogP contribution in [0.5, 0.6) is 0 Å². The number of benzene rings is 10. The van der Waals surface area contributed by atoms with Gasteiger partial charge in [0.2, 0.25) is 0 Å². The highest BCUT2D eigenvalue weighted by molar-refractivity contribution is 5.94. The van der Waals surface area contributed by atoms with E-state index in [1.54, 1.807) is 0 Å². The van der Waals surface area contributed by atoms with Crippen molar-refractivity contribution in [2.75, 3.05) is 4.90 Å². The van der Waals surface area contributed by atoms with Crippen molar-refractivity contribution in [3.05, 3.63) is 248 Å². The lowest BCUT2D eigenvalue weighted by Gasteiger charge is -2.28. The van der Waals surface area contributed by atoms with Crippen molar-refractivity contribution < 1.29 is 0 Å². The second-order valence-electron chi connectivity index (χ2n) is 16.9. The van der Waals surface area contributed by atoms with Crippen LogP contribution in [0.1, 0.15) is 25.0 Å². The molecule has 0 unspecified atom stereocenters. The first-order valence-electron chi connectivity index (χ1n) is 21.6. The molecule has 10 aromatic carbocycles. The van der Waals surface area contributed by atoms with Gasteiger partial charge in [0, 0.05) is 22.4 Å². The summed E-state index contributed by atoms with van der Waals surface area (Å²) in [7, 11) is 0. The van der Waals surface area contributed by atoms with E-state index >= 15 is 0 Å². The Bertz CT molecular complexity index is 3210. The zero-order chi connectivity index (χ0) is 41.6. The average molecular weight is 792 g/mol. The lowest BCUT2D eigenvalue weighted by molar-refractivity contribution is 0.660. The maximum atomic E-state index is 2.41. The van der Waals surface area contributed by atoms with Crippen LogP contribution in [-0.4, -0.2) is 0 Å². The van der Waals surface area contributed by atoms with E-state index in [-0.39, 0.29) is 5.41 Å². The summed E-state index contributed by atoms with van der Waals surface area (Å²) < 4.78 is 0. The van der Waals surface area contributed by atoms with Crippen LogP contribution in [0.15, 0.2) is 237 Å². The Morgan fingerprint density at radius 1 is 0.290 bits per heavy atom. The highest BCUT2D eigenvalue weighted by Crippen LogP contribution is 2.52. The van der Waals surface area contributed by atoms with Crippen LogP contribution in [0.3, 0.4) is 0 Å². The topological polar surface area (TPSA) is 3.24 Å². The molecule has 0 amide bonds. The molecule has 0 bridgehead atoms. The van der Waals surface area contributed by atoms with Gasteiger partial charge < -0.3 is 4.90 Å². The molecule has 0 aliphatic heterocycles. The van der Waals surface area contributed by atoms with E-state index in [9.17, 15) is 0 Å². The summed E-state index contributed by atoms with van der Waals surface area (Å²) in [6.45, 7) is 4.70. The zero-order valence-corrected chi connectivity index (χ0v) is 35.0. The van der Waals surface area contributed by atoms with Gasteiger partial charge in [-0.1, -0.05) is 214 Å². The standard InChI is InChI=1S/C61H45N/c1-61(2)57-20-10-8-18-56(57)60-55(19-12-21-58(60)61)49-35-39-53(40-36-49)62(52-37-33-46(34-38-52)45-25-23-44(24-26-45)42-13-4-3-5-14-42)59-22-11-9-17-54(59)48-30-27-47(28-31-48)51-32-29-43-15-6-7-16-50(43)41-51/h3-41H,1-2H3. The van der Waals surface area contributed by atoms with E-state index in [0.717, 1.165) is 17.1 Å². The fourth-order valence-electron chi connectivity index (χ4n) is 9.62. The Kier molecular flexibility index (Phi) is 9.24. The smallest absolute Gasteiger partial charge is 0.0540 e. The van der Waals surface area contributed by atoms with Crippen molar-refractivity contribution in [1.82, 2.24) is 0 Å². The van der Waals surface area contributed by atoms with Gasteiger partial charge in [0.25, 0.3) is 0 Å². The van der Waals surface area contributed by atoms with Crippen LogP contribution in [-0.2, 0) is 5.41 Å². The highest BCUT2D eigenvalue weighted by Gasteiger charge is 2.36. The highest BCUT2D eigenvalue weighted by atomic mass is 15.1. The molecule has 1 aliphatic rings. The third kappa shape index (κ3) is 6.60. The van der Waals surface area contributed by atoms with Crippen molar-refractivity contribution in [3.63, 3.8) is 0 Å². The predicted molar refractivity (Wildman–Crippen MR) is 263 cm³/mol. The van der Waals surface area contributed by atoms with Gasteiger partial charge in [0.1, 0.15) is 0 Å². The Morgan fingerprint density at radius 2 is 0.726 bits per heavy atom. The summed E-state index contributed by atoms with van der Waals surface area (Å²) in [6.07, 6.45) is 0. The van der Waals surface area contributed by atoms with Gasteiger partial charge in [-0.15, -0.1) is 0 Å². The van der Waals surface area contributed by atoms with Gasteiger partial charge in [-0.2, -0.15) is 0 Å². The maximum Gasteiger partial charge on any atom is 0.0540 e. The van der Waals surface area contributed by atoms with Crippen LogP contribution in [0.4, 0.5) is 17.1 Å². The monoisotopic (exact) mass is 791 g/mol. The molecule has 0 aromatic heterocycles. The summed E-state index contributed by atoms with van der Waals surface area (Å²) >= 11 is 0. The summed E-state index contributed by atoms with van der Waals surface area (Å²) in [5.74, 6) is 0. The molecule has 0 radical (unpaired) electrons. The Labute approximate surface area is 364 Å². The molecular weight excluding hydrogens is 747 g/mol. The van der Waals surface area contributed by atoms with Gasteiger partial charge in [0.15, 0.2) is 0 Å². The van der Waals surface area contributed by atoms with E-state index in [2.05, 4.69) is 255 Å². The number of anilines is 3. The minimum Gasteiger partial charge on any atom is -0.310 e. The second kappa shape index (κ2) is 15.4. The SMILES string of the molecule is CC1(C)c2ccccc2-c2c(-c3ccc(N(c4ccc(-c5ccc(-c6ccccc6)cc5)cc4)c4ccccc4-c4ccc(-c5ccc6ccccc6c5)cc4)cc3)cccc21. The molecule has 0 fully saturated rings. The number of hydrogen-bond donors (Lipinski definition) is 0. The molecule has 0 atom stereocenters. The summed E-state index contributed by atoms with van der Waals surface area (Å²) in [6, 6.07) is 86.5. The lowest BCUT2D eigenvalue weighted by Crippen LogP contribution is -2.14. The third-order valence-electron chi connectivity index (χ3n) is 12.9. The summed E-state index contributed by atoms with van der Waals surface area (Å²) in [5, 5.41) is 2.51. The number of fused-ring (bicyclic) bond motifs is 4. The average Bonchev–Trinajstić information content (AvgIpc) is 3.58. The van der Waals surface area contributed by atoms with E-state index in [1.807, 2.05) is 0 Å². The number of nitrogens with zero attached hydrogens (tertiary/aromatic N) is 1. The number of para-hydroxylation sites is 1. The minimum atomic E-state index is -0.0494. The first-order chi connectivity index (χ1) is 30.5. The summed E-state index contributed by atoms with van der Waals surface area (Å²) in [5.41, 5.74) is 20.8. The maximum absolute atomic E-state index is 2.41. The Hall–Kier alpha value is -7.74. The molecular formula is C61H45N. The van der Waals surface area contributed by atoms with Crippen molar-refractivity contribution in [1.29, 1.82) is 0 Å². The van der Waals surface area contributed by atoms with Gasteiger partial charge >= 0.3 is 0 Å². The lowest BCUT2D eigenvalue weighted by atomic mass is 9.82. The van der Waals surface area contributed by atoms with Crippen molar-refractivity contribution in [3.8, 4) is 66.8 Å². The largest absolute Gasteiger partial charge is 0.310 e. The first kappa shape index (κ1) is 37.3. The molecule has 0 saturated carbocycles. The van der Waals surface area contributed by atoms with Gasteiger partial charge in [-0.3, -0.25) is 0 Å². The number of rotatable bonds is 8. The fraction of sp³-hybridized carbons (Fsp3) is 0.0492. The Morgan fingerprint density at radius 3 is 1.40 bits per heavy atom. The van der Waals surface area contributed by atoms with Crippen LogP contribution < -0.4 is 4.90 Å². The second-order valence-corrected chi connectivity index (χ2v) is 16.9. The molecule has 0 N–H and O–H groups in total. The predicted octanol–water partition coefficient (Wildman–Crippen LogP) is 17.0. The fourth-order valence-corrected chi connectivity index (χ4v) is 9.62. The Balaban J connectivity index is 0.985. The van der Waals surface area contributed by atoms with Crippen LogP contribution in [0, 0.1) is 0 Å². The molecule has 294 valence electrons. The number of hydrogen-bond acceptors (Lipinski definition) is 1. The normalized spacial score (nSPS) is 12.5. The zero-order valence-electron chi connectivity index (χ0n) is 35.0. The molecule has 1 nitrogen and oxygen atoms in total. The van der Waals surface area contributed by atoms with Gasteiger partial charge in [0.05, 0.1) is 5.69 Å². The van der Waals surface area contributed by atoms with Crippen molar-refractivity contribution >= 4 is 27.8 Å². The van der Waals surface area contributed by atoms with Crippen molar-refractivity contribution in [2.45, 2.75) is 19.3 Å². The van der Waals surface area contributed by atoms with E-state index < -0.39 is 0 Å². The molecule has 0 saturated heterocycles. The molecule has 62 heavy (non-hydrogen) atoms. The van der Waals surface area contributed by atoms with Crippen molar-refractivity contribution in [2.24, 2.45) is 0 Å². The van der Waals surface area contributed by atoms with Gasteiger partial charge in [-0.05, 0) is 119 Å². The summed E-state index contributed by atoms with van der Waals surface area (Å²) in [4.78, 5) is 2.41. The van der Waals surface area contributed by atoms with Gasteiger partial charge in [-0.25, -0.2) is 0 Å². The molecule has 1 heteroatoms. The van der Waals surface area contributed by atoms with Crippen LogP contribution in [0.2, 0.25) is 0 Å². The van der Waals surface area contributed by atoms with E-state index in [1.165, 1.54) is 88.7 Å². The van der Waals surface area contributed by atoms with E-state index in [4.69, 9.17) is 0 Å². The molecule has 0 heterocycles. The van der Waals surface area contributed by atoms with Crippen LogP contribution in [0.25, 0.3) is 77.5 Å². The molecule has 11 rings (SSSR count).